The maximum atomic E-state index is 12.8. The highest BCUT2D eigenvalue weighted by molar-refractivity contribution is 7.99. The second kappa shape index (κ2) is 11.6. The lowest BCUT2D eigenvalue weighted by molar-refractivity contribution is -0.113. The van der Waals surface area contributed by atoms with Gasteiger partial charge in [-0.2, -0.15) is 0 Å². The molecular formula is C22H21Cl4N5O2S. The van der Waals surface area contributed by atoms with E-state index in [0.29, 0.717) is 37.3 Å². The predicted octanol–water partition coefficient (Wildman–Crippen LogP) is 6.29. The minimum Gasteiger partial charge on any atom is -0.342 e. The predicted molar refractivity (Wildman–Crippen MR) is 138 cm³/mol. The van der Waals surface area contributed by atoms with Crippen LogP contribution in [0.3, 0.4) is 0 Å². The normalized spacial score (nSPS) is 12.0. The molecule has 1 atom stereocenters. The van der Waals surface area contributed by atoms with Crippen LogP contribution in [0.25, 0.3) is 0 Å². The molecule has 0 unspecified atom stereocenters. The number of hydrogen-bond donors (Lipinski definition) is 2. The Bertz CT molecular complexity index is 1220. The molecule has 0 saturated carbocycles. The van der Waals surface area contributed by atoms with Crippen LogP contribution in [0.5, 0.6) is 0 Å². The maximum absolute atomic E-state index is 12.8. The summed E-state index contributed by atoms with van der Waals surface area (Å²) in [6.07, 6.45) is 0. The van der Waals surface area contributed by atoms with E-state index in [4.69, 9.17) is 46.4 Å². The summed E-state index contributed by atoms with van der Waals surface area (Å²) in [4.78, 5) is 25.2. The minimum atomic E-state index is -0.423. The van der Waals surface area contributed by atoms with Gasteiger partial charge < -0.3 is 15.2 Å². The zero-order valence-corrected chi connectivity index (χ0v) is 22.2. The topological polar surface area (TPSA) is 88.9 Å². The van der Waals surface area contributed by atoms with Crippen LogP contribution in [0.4, 0.5) is 5.69 Å². The molecule has 1 aromatic heterocycles. The molecule has 0 saturated heterocycles. The van der Waals surface area contributed by atoms with Crippen LogP contribution < -0.4 is 10.6 Å². The molecule has 7 nitrogen and oxygen atoms in total. The van der Waals surface area contributed by atoms with Gasteiger partial charge in [0, 0.05) is 12.6 Å². The molecule has 0 aliphatic carbocycles. The lowest BCUT2D eigenvalue weighted by Gasteiger charge is -2.22. The van der Waals surface area contributed by atoms with Gasteiger partial charge in [0.1, 0.15) is 0 Å². The van der Waals surface area contributed by atoms with Gasteiger partial charge in [-0.3, -0.25) is 9.59 Å². The highest BCUT2D eigenvalue weighted by atomic mass is 35.5. The minimum absolute atomic E-state index is 0.0146. The Labute approximate surface area is 221 Å². The van der Waals surface area contributed by atoms with E-state index in [2.05, 4.69) is 20.8 Å². The summed E-state index contributed by atoms with van der Waals surface area (Å²) < 4.78 is 1.75. The SMILES string of the molecule is CC(C)[C@@H](NC(=O)c1ccc(Cl)c(Cl)c1)c1nnc(SCC(=O)Nc2cccc(Cl)c2Cl)n1C. The van der Waals surface area contributed by atoms with Gasteiger partial charge >= 0.3 is 0 Å². The average Bonchev–Trinajstić information content (AvgIpc) is 3.15. The second-order valence-electron chi connectivity index (χ2n) is 7.66. The van der Waals surface area contributed by atoms with Crippen LogP contribution in [-0.2, 0) is 11.8 Å². The summed E-state index contributed by atoms with van der Waals surface area (Å²) in [5.74, 6) is 0.0702. The summed E-state index contributed by atoms with van der Waals surface area (Å²) in [7, 11) is 1.78. The Morgan fingerprint density at radius 1 is 1.03 bits per heavy atom. The fraction of sp³-hybridized carbons (Fsp3) is 0.273. The molecule has 2 N–H and O–H groups in total. The van der Waals surface area contributed by atoms with E-state index in [-0.39, 0.29) is 28.5 Å². The van der Waals surface area contributed by atoms with Crippen molar-refractivity contribution in [3.8, 4) is 0 Å². The lowest BCUT2D eigenvalue weighted by atomic mass is 10.0. The number of carbonyl (C=O) groups excluding carboxylic acids is 2. The lowest BCUT2D eigenvalue weighted by Crippen LogP contribution is -2.33. The third-order valence-corrected chi connectivity index (χ3v) is 7.42. The van der Waals surface area contributed by atoms with Crippen molar-refractivity contribution in [3.63, 3.8) is 0 Å². The van der Waals surface area contributed by atoms with Crippen molar-refractivity contribution in [1.82, 2.24) is 20.1 Å². The largest absolute Gasteiger partial charge is 0.342 e. The highest BCUT2D eigenvalue weighted by Crippen LogP contribution is 2.30. The van der Waals surface area contributed by atoms with Gasteiger partial charge in [0.25, 0.3) is 5.91 Å². The fourth-order valence-corrected chi connectivity index (χ4v) is 4.39. The Hall–Kier alpha value is -1.97. The third-order valence-electron chi connectivity index (χ3n) is 4.84. The number of carbonyl (C=O) groups is 2. The van der Waals surface area contributed by atoms with Crippen LogP contribution in [0.2, 0.25) is 20.1 Å². The first-order chi connectivity index (χ1) is 16.1. The summed E-state index contributed by atoms with van der Waals surface area (Å²) in [6.45, 7) is 3.92. The van der Waals surface area contributed by atoms with Crippen molar-refractivity contribution in [2.75, 3.05) is 11.1 Å². The number of halogens is 4. The second-order valence-corrected chi connectivity index (χ2v) is 10.2. The van der Waals surface area contributed by atoms with E-state index in [9.17, 15) is 9.59 Å². The van der Waals surface area contributed by atoms with Crippen LogP contribution in [0.15, 0.2) is 41.6 Å². The molecule has 0 fully saturated rings. The van der Waals surface area contributed by atoms with Crippen molar-refractivity contribution in [1.29, 1.82) is 0 Å². The molecule has 1 heterocycles. The summed E-state index contributed by atoms with van der Waals surface area (Å²) in [5.41, 5.74) is 0.816. The quantitative estimate of drug-likeness (QED) is 0.316. The first-order valence-electron chi connectivity index (χ1n) is 10.1. The van der Waals surface area contributed by atoms with Crippen LogP contribution in [0, 0.1) is 5.92 Å². The van der Waals surface area contributed by atoms with E-state index >= 15 is 0 Å². The summed E-state index contributed by atoms with van der Waals surface area (Å²) in [5, 5.41) is 16.0. The van der Waals surface area contributed by atoms with E-state index in [0.717, 1.165) is 0 Å². The van der Waals surface area contributed by atoms with Crippen molar-refractivity contribution in [3.05, 3.63) is 67.9 Å². The fourth-order valence-electron chi connectivity index (χ4n) is 3.03. The molecule has 0 radical (unpaired) electrons. The highest BCUT2D eigenvalue weighted by Gasteiger charge is 2.25. The van der Waals surface area contributed by atoms with Gasteiger partial charge in [0.2, 0.25) is 5.91 Å². The number of hydrogen-bond acceptors (Lipinski definition) is 5. The number of thioether (sulfide) groups is 1. The third kappa shape index (κ3) is 6.37. The van der Waals surface area contributed by atoms with Crippen LogP contribution in [-0.4, -0.2) is 32.3 Å². The monoisotopic (exact) mass is 559 g/mol. The Morgan fingerprint density at radius 2 is 1.76 bits per heavy atom. The molecule has 0 aliphatic heterocycles. The number of anilines is 1. The van der Waals surface area contributed by atoms with Gasteiger partial charge in [0.05, 0.1) is 37.6 Å². The average molecular weight is 561 g/mol. The van der Waals surface area contributed by atoms with Gasteiger partial charge in [0.15, 0.2) is 11.0 Å². The number of nitrogens with zero attached hydrogens (tertiary/aromatic N) is 3. The van der Waals surface area contributed by atoms with Gasteiger partial charge in [-0.15, -0.1) is 10.2 Å². The Kier molecular flexibility index (Phi) is 9.12. The zero-order valence-electron chi connectivity index (χ0n) is 18.4. The number of aromatic nitrogens is 3. The van der Waals surface area contributed by atoms with Crippen LogP contribution in [0.1, 0.15) is 36.1 Å². The van der Waals surface area contributed by atoms with E-state index in [1.807, 2.05) is 13.8 Å². The molecule has 0 bridgehead atoms. The summed E-state index contributed by atoms with van der Waals surface area (Å²) in [6, 6.07) is 9.27. The Morgan fingerprint density at radius 3 is 2.44 bits per heavy atom. The van der Waals surface area contributed by atoms with Crippen molar-refractivity contribution in [2.24, 2.45) is 13.0 Å². The van der Waals surface area contributed by atoms with E-state index < -0.39 is 6.04 Å². The van der Waals surface area contributed by atoms with E-state index in [1.165, 1.54) is 17.8 Å². The molecule has 2 amide bonds. The first-order valence-corrected chi connectivity index (χ1v) is 12.6. The number of benzene rings is 2. The molecule has 34 heavy (non-hydrogen) atoms. The molecule has 12 heteroatoms. The van der Waals surface area contributed by atoms with Gasteiger partial charge in [-0.1, -0.05) is 78.1 Å². The number of rotatable bonds is 8. The van der Waals surface area contributed by atoms with Gasteiger partial charge in [-0.05, 0) is 36.2 Å². The molecule has 0 spiro atoms. The van der Waals surface area contributed by atoms with Gasteiger partial charge in [-0.25, -0.2) is 0 Å². The summed E-state index contributed by atoms with van der Waals surface area (Å²) >= 11 is 25.3. The molecule has 3 aromatic rings. The van der Waals surface area contributed by atoms with Crippen LogP contribution >= 0.6 is 58.2 Å². The maximum Gasteiger partial charge on any atom is 0.251 e. The smallest absolute Gasteiger partial charge is 0.251 e. The molecule has 2 aromatic carbocycles. The zero-order chi connectivity index (χ0) is 25.0. The number of amides is 2. The molecule has 180 valence electrons. The molecular weight excluding hydrogens is 540 g/mol. The van der Waals surface area contributed by atoms with E-state index in [1.54, 1.807) is 41.9 Å². The first kappa shape index (κ1) is 26.6. The molecule has 0 aliphatic rings. The standard InChI is InChI=1S/C22H21Cl4N5O2S/c1-11(2)19(28-21(33)12-7-8-13(23)15(25)9-12)20-29-30-22(31(20)3)34-10-17(32)27-16-6-4-5-14(24)18(16)26/h4-9,11,19H,10H2,1-3H3,(H,27,32)(H,28,33)/t19-/m1/s1. The Balaban J connectivity index is 1.69. The number of nitrogens with one attached hydrogen (secondary N) is 2. The van der Waals surface area contributed by atoms with Crippen molar-refractivity contribution in [2.45, 2.75) is 25.0 Å². The van der Waals surface area contributed by atoms with Crippen molar-refractivity contribution >= 4 is 75.7 Å². The molecule has 3 rings (SSSR count). The van der Waals surface area contributed by atoms with Crippen molar-refractivity contribution < 1.29 is 9.59 Å².